The van der Waals surface area contributed by atoms with Crippen LogP contribution in [-0.2, 0) is 16.0 Å². The summed E-state index contributed by atoms with van der Waals surface area (Å²) in [7, 11) is 0. The molecule has 0 atom stereocenters. The Morgan fingerprint density at radius 3 is 2.07 bits per heavy atom. The number of fused-ring (bicyclic) bond motifs is 1. The topological polar surface area (TPSA) is 47.1 Å². The van der Waals surface area contributed by atoms with E-state index in [4.69, 9.17) is 0 Å². The van der Waals surface area contributed by atoms with Crippen molar-refractivity contribution in [2.75, 3.05) is 63.8 Å². The SMILES string of the molecule is O=C(CN1CCN(CC(=O)N2CCCc3ccccc32)CC1)N1CCCCC1. The number of nitrogens with zero attached hydrogens (tertiary/aromatic N) is 4. The first-order chi connectivity index (χ1) is 13.7. The van der Waals surface area contributed by atoms with Crippen LogP contribution in [0.1, 0.15) is 31.2 Å². The molecule has 1 aromatic carbocycles. The first kappa shape index (κ1) is 19.4. The van der Waals surface area contributed by atoms with E-state index in [2.05, 4.69) is 28.0 Å². The number of amides is 2. The van der Waals surface area contributed by atoms with E-state index in [9.17, 15) is 9.59 Å². The zero-order valence-corrected chi connectivity index (χ0v) is 16.8. The van der Waals surface area contributed by atoms with Crippen LogP contribution in [0.4, 0.5) is 5.69 Å². The molecule has 3 heterocycles. The Balaban J connectivity index is 1.24. The molecule has 0 radical (unpaired) electrons. The lowest BCUT2D eigenvalue weighted by atomic mass is 10.0. The number of benzene rings is 1. The van der Waals surface area contributed by atoms with Gasteiger partial charge in [-0.15, -0.1) is 0 Å². The van der Waals surface area contributed by atoms with Gasteiger partial charge in [0.25, 0.3) is 0 Å². The van der Waals surface area contributed by atoms with Gasteiger partial charge in [0.15, 0.2) is 0 Å². The molecular formula is C22H32N4O2. The third-order valence-electron chi connectivity index (χ3n) is 6.30. The van der Waals surface area contributed by atoms with Gasteiger partial charge >= 0.3 is 0 Å². The highest BCUT2D eigenvalue weighted by Gasteiger charge is 2.27. The fourth-order valence-corrected chi connectivity index (χ4v) is 4.61. The molecule has 0 aromatic heterocycles. The van der Waals surface area contributed by atoms with Gasteiger partial charge in [-0.25, -0.2) is 0 Å². The Morgan fingerprint density at radius 1 is 0.714 bits per heavy atom. The molecule has 3 aliphatic rings. The largest absolute Gasteiger partial charge is 0.342 e. The maximum absolute atomic E-state index is 12.9. The highest BCUT2D eigenvalue weighted by molar-refractivity contribution is 5.96. The van der Waals surface area contributed by atoms with Gasteiger partial charge < -0.3 is 9.80 Å². The van der Waals surface area contributed by atoms with Crippen LogP contribution in [0.15, 0.2) is 24.3 Å². The summed E-state index contributed by atoms with van der Waals surface area (Å²) >= 11 is 0. The minimum absolute atomic E-state index is 0.199. The lowest BCUT2D eigenvalue weighted by Gasteiger charge is -2.37. The van der Waals surface area contributed by atoms with Gasteiger partial charge in [0.2, 0.25) is 11.8 Å². The van der Waals surface area contributed by atoms with Crippen LogP contribution in [0.25, 0.3) is 0 Å². The molecule has 2 amide bonds. The third kappa shape index (κ3) is 4.55. The predicted molar refractivity (Wildman–Crippen MR) is 110 cm³/mol. The number of hydrogen-bond donors (Lipinski definition) is 0. The number of likely N-dealkylation sites (tertiary alicyclic amines) is 1. The van der Waals surface area contributed by atoms with Crippen molar-refractivity contribution in [3.8, 4) is 0 Å². The highest BCUT2D eigenvalue weighted by atomic mass is 16.2. The Kier molecular flexibility index (Phi) is 6.27. The second kappa shape index (κ2) is 9.05. The number of piperidine rings is 1. The summed E-state index contributed by atoms with van der Waals surface area (Å²) in [5.74, 6) is 0.471. The molecule has 0 saturated carbocycles. The number of para-hydroxylation sites is 1. The smallest absolute Gasteiger partial charge is 0.241 e. The van der Waals surface area contributed by atoms with Crippen molar-refractivity contribution >= 4 is 17.5 Å². The van der Waals surface area contributed by atoms with Crippen molar-refractivity contribution in [3.63, 3.8) is 0 Å². The first-order valence-electron chi connectivity index (χ1n) is 10.8. The number of hydrogen-bond acceptors (Lipinski definition) is 4. The first-order valence-corrected chi connectivity index (χ1v) is 10.8. The van der Waals surface area contributed by atoms with E-state index in [1.165, 1.54) is 12.0 Å². The minimum atomic E-state index is 0.199. The summed E-state index contributed by atoms with van der Waals surface area (Å²) in [6.07, 6.45) is 5.62. The molecule has 6 heteroatoms. The lowest BCUT2D eigenvalue weighted by Crippen LogP contribution is -2.53. The second-order valence-electron chi connectivity index (χ2n) is 8.27. The molecule has 2 fully saturated rings. The Morgan fingerprint density at radius 2 is 1.36 bits per heavy atom. The van der Waals surface area contributed by atoms with Crippen LogP contribution >= 0.6 is 0 Å². The van der Waals surface area contributed by atoms with Gasteiger partial charge in [-0.1, -0.05) is 18.2 Å². The third-order valence-corrected chi connectivity index (χ3v) is 6.30. The van der Waals surface area contributed by atoms with Crippen LogP contribution in [-0.4, -0.2) is 85.4 Å². The van der Waals surface area contributed by atoms with E-state index in [1.807, 2.05) is 15.9 Å². The summed E-state index contributed by atoms with van der Waals surface area (Å²) in [4.78, 5) is 33.8. The maximum Gasteiger partial charge on any atom is 0.241 e. The summed E-state index contributed by atoms with van der Waals surface area (Å²) in [6.45, 7) is 7.11. The Hall–Kier alpha value is -1.92. The van der Waals surface area contributed by atoms with Crippen LogP contribution in [0, 0.1) is 0 Å². The second-order valence-corrected chi connectivity index (χ2v) is 8.27. The quantitative estimate of drug-likeness (QED) is 0.791. The minimum Gasteiger partial charge on any atom is -0.342 e. The van der Waals surface area contributed by atoms with E-state index in [0.717, 1.165) is 77.2 Å². The van der Waals surface area contributed by atoms with Crippen molar-refractivity contribution < 1.29 is 9.59 Å². The number of rotatable bonds is 4. The highest BCUT2D eigenvalue weighted by Crippen LogP contribution is 2.26. The van der Waals surface area contributed by atoms with E-state index in [-0.39, 0.29) is 11.8 Å². The average molecular weight is 385 g/mol. The molecule has 0 N–H and O–H groups in total. The Bertz CT molecular complexity index is 694. The molecule has 1 aromatic rings. The van der Waals surface area contributed by atoms with Crippen molar-refractivity contribution in [2.45, 2.75) is 32.1 Å². The fraction of sp³-hybridized carbons (Fsp3) is 0.636. The standard InChI is InChI=1S/C22H32N4O2/c27-21(25-10-4-1-5-11-25)17-23-13-15-24(16-14-23)18-22(28)26-12-6-8-19-7-2-3-9-20(19)26/h2-3,7,9H,1,4-6,8,10-18H2. The monoisotopic (exact) mass is 384 g/mol. The molecule has 2 saturated heterocycles. The van der Waals surface area contributed by atoms with Crippen molar-refractivity contribution in [1.29, 1.82) is 0 Å². The number of piperazine rings is 1. The van der Waals surface area contributed by atoms with Gasteiger partial charge in [0, 0.05) is 51.5 Å². The van der Waals surface area contributed by atoms with Crippen LogP contribution in [0.3, 0.4) is 0 Å². The van der Waals surface area contributed by atoms with Crippen molar-refractivity contribution in [2.24, 2.45) is 0 Å². The van der Waals surface area contributed by atoms with Gasteiger partial charge in [-0.05, 0) is 43.7 Å². The van der Waals surface area contributed by atoms with Crippen molar-refractivity contribution in [3.05, 3.63) is 29.8 Å². The molecule has 28 heavy (non-hydrogen) atoms. The van der Waals surface area contributed by atoms with Gasteiger partial charge in [0.1, 0.15) is 0 Å². The molecule has 0 bridgehead atoms. The summed E-state index contributed by atoms with van der Waals surface area (Å²) < 4.78 is 0. The van der Waals surface area contributed by atoms with E-state index in [0.29, 0.717) is 13.1 Å². The number of carbonyl (C=O) groups excluding carboxylic acids is 2. The molecule has 0 aliphatic carbocycles. The molecule has 4 rings (SSSR count). The van der Waals surface area contributed by atoms with E-state index < -0.39 is 0 Å². The normalized spacial score (nSPS) is 21.4. The average Bonchev–Trinajstić information content (AvgIpc) is 2.75. The summed E-state index contributed by atoms with van der Waals surface area (Å²) in [5, 5.41) is 0. The van der Waals surface area contributed by atoms with Crippen LogP contribution in [0.5, 0.6) is 0 Å². The van der Waals surface area contributed by atoms with Crippen LogP contribution in [0.2, 0.25) is 0 Å². The van der Waals surface area contributed by atoms with Gasteiger partial charge in [0.05, 0.1) is 13.1 Å². The Labute approximate surface area is 168 Å². The van der Waals surface area contributed by atoms with Crippen molar-refractivity contribution in [1.82, 2.24) is 14.7 Å². The number of carbonyl (C=O) groups is 2. The molecule has 6 nitrogen and oxygen atoms in total. The predicted octanol–water partition coefficient (Wildman–Crippen LogP) is 1.60. The number of anilines is 1. The summed E-state index contributed by atoms with van der Waals surface area (Å²) in [5.41, 5.74) is 2.37. The number of aryl methyl sites for hydroxylation is 1. The van der Waals surface area contributed by atoms with Gasteiger partial charge in [-0.3, -0.25) is 19.4 Å². The zero-order chi connectivity index (χ0) is 19.3. The molecule has 3 aliphatic heterocycles. The molecule has 152 valence electrons. The lowest BCUT2D eigenvalue weighted by molar-refractivity contribution is -0.134. The molecular weight excluding hydrogens is 352 g/mol. The van der Waals surface area contributed by atoms with Crippen LogP contribution < -0.4 is 4.90 Å². The zero-order valence-electron chi connectivity index (χ0n) is 16.8. The van der Waals surface area contributed by atoms with E-state index >= 15 is 0 Å². The van der Waals surface area contributed by atoms with E-state index in [1.54, 1.807) is 0 Å². The maximum atomic E-state index is 12.9. The molecule has 0 unspecified atom stereocenters. The van der Waals surface area contributed by atoms with Gasteiger partial charge in [-0.2, -0.15) is 0 Å². The summed E-state index contributed by atoms with van der Waals surface area (Å²) in [6, 6.07) is 8.27. The fourth-order valence-electron chi connectivity index (χ4n) is 4.61. The molecule has 0 spiro atoms.